The summed E-state index contributed by atoms with van der Waals surface area (Å²) < 4.78 is 13.5. The van der Waals surface area contributed by atoms with Crippen molar-refractivity contribution < 1.29 is 9.47 Å². The van der Waals surface area contributed by atoms with Crippen molar-refractivity contribution in [3.63, 3.8) is 0 Å². The zero-order valence-corrected chi connectivity index (χ0v) is 30.8. The fourth-order valence-corrected chi connectivity index (χ4v) is 11.2. The van der Waals surface area contributed by atoms with Crippen LogP contribution in [0.2, 0.25) is 0 Å². The van der Waals surface area contributed by atoms with Gasteiger partial charge in [-0.15, -0.1) is 0 Å². The van der Waals surface area contributed by atoms with Gasteiger partial charge in [0.1, 0.15) is 0 Å². The Bertz CT molecular complexity index is 2710. The van der Waals surface area contributed by atoms with Gasteiger partial charge in [-0.3, -0.25) is 0 Å². The SMILES string of the molecule is CC1(C)c2ccccc2-c2c1ccc1c2Oc2c(cccc2-c2cccc(-c3ccc4c(c3)C(C)(C)c3ccc5c(c3-4)Sc3ccccc3S5)n2)O1. The second-order valence-corrected chi connectivity index (χ2v) is 17.2. The topological polar surface area (TPSA) is 31.4 Å². The van der Waals surface area contributed by atoms with Crippen molar-refractivity contribution in [2.45, 2.75) is 58.1 Å². The van der Waals surface area contributed by atoms with Crippen LogP contribution in [-0.2, 0) is 10.8 Å². The Balaban J connectivity index is 0.984. The third-order valence-electron chi connectivity index (χ3n) is 11.4. The summed E-state index contributed by atoms with van der Waals surface area (Å²) in [5, 5.41) is 0. The standard InChI is InChI=1S/C47H33NO2S2/c1-46(2)30-13-6-5-11-27(30)41-31(46)21-23-37-44(41)50-43-29(12-9-16-36(43)49-37)35-15-10-14-34(48-35)26-19-20-28-33(25-26)47(3,4)32-22-24-40-45(42(28)32)52-39-18-8-7-17-38(39)51-40/h5-25H,1-4H3. The van der Waals surface area contributed by atoms with Crippen LogP contribution in [0.5, 0.6) is 23.0 Å². The summed E-state index contributed by atoms with van der Waals surface area (Å²) in [7, 11) is 0. The minimum Gasteiger partial charge on any atom is -0.449 e. The zero-order chi connectivity index (χ0) is 34.9. The maximum absolute atomic E-state index is 6.92. The van der Waals surface area contributed by atoms with Gasteiger partial charge in [-0.25, -0.2) is 4.98 Å². The number of para-hydroxylation sites is 1. The predicted octanol–water partition coefficient (Wildman–Crippen LogP) is 13.5. The molecule has 3 nitrogen and oxygen atoms in total. The number of rotatable bonds is 2. The quantitative estimate of drug-likeness (QED) is 0.179. The Labute approximate surface area is 312 Å². The molecule has 1 aromatic heterocycles. The summed E-state index contributed by atoms with van der Waals surface area (Å²) in [5.41, 5.74) is 13.8. The van der Waals surface area contributed by atoms with Crippen LogP contribution in [0.25, 0.3) is 44.8 Å². The molecule has 0 unspecified atom stereocenters. The third-order valence-corrected chi connectivity index (χ3v) is 14.0. The van der Waals surface area contributed by atoms with E-state index in [1.165, 1.54) is 58.5 Å². The van der Waals surface area contributed by atoms with Gasteiger partial charge in [-0.2, -0.15) is 0 Å². The van der Waals surface area contributed by atoms with Crippen molar-refractivity contribution in [2.24, 2.45) is 0 Å². The van der Waals surface area contributed by atoms with Crippen LogP contribution in [0.3, 0.4) is 0 Å². The number of nitrogens with zero attached hydrogens (tertiary/aromatic N) is 1. The average molecular weight is 708 g/mol. The summed E-state index contributed by atoms with van der Waals surface area (Å²) >= 11 is 3.79. The van der Waals surface area contributed by atoms with Crippen molar-refractivity contribution in [3.8, 4) is 67.8 Å². The lowest BCUT2D eigenvalue weighted by Crippen LogP contribution is -2.15. The van der Waals surface area contributed by atoms with E-state index in [9.17, 15) is 0 Å². The van der Waals surface area contributed by atoms with Crippen LogP contribution in [0, 0.1) is 0 Å². The average Bonchev–Trinajstić information content (AvgIpc) is 3.55. The van der Waals surface area contributed by atoms with Gasteiger partial charge in [0.25, 0.3) is 0 Å². The number of hydrogen-bond donors (Lipinski definition) is 0. The van der Waals surface area contributed by atoms with Crippen molar-refractivity contribution in [1.82, 2.24) is 4.98 Å². The van der Waals surface area contributed by atoms with E-state index in [-0.39, 0.29) is 10.8 Å². The Morgan fingerprint density at radius 1 is 0.462 bits per heavy atom. The molecule has 0 saturated heterocycles. The van der Waals surface area contributed by atoms with Gasteiger partial charge in [0.15, 0.2) is 23.0 Å². The van der Waals surface area contributed by atoms with Gasteiger partial charge in [-0.1, -0.05) is 124 Å². The molecule has 0 atom stereocenters. The summed E-state index contributed by atoms with van der Waals surface area (Å²) in [5.74, 6) is 2.90. The Morgan fingerprint density at radius 2 is 1.13 bits per heavy atom. The molecule has 250 valence electrons. The number of ether oxygens (including phenoxy) is 2. The van der Waals surface area contributed by atoms with Crippen LogP contribution in [-0.4, -0.2) is 4.98 Å². The molecule has 0 fully saturated rings. The smallest absolute Gasteiger partial charge is 0.179 e. The number of hydrogen-bond acceptors (Lipinski definition) is 5. The highest BCUT2D eigenvalue weighted by Crippen LogP contribution is 2.61. The van der Waals surface area contributed by atoms with Crippen LogP contribution >= 0.6 is 23.5 Å². The molecule has 4 aliphatic rings. The molecule has 6 aromatic carbocycles. The van der Waals surface area contributed by atoms with E-state index in [1.54, 1.807) is 0 Å². The van der Waals surface area contributed by atoms with Crippen molar-refractivity contribution in [1.29, 1.82) is 0 Å². The largest absolute Gasteiger partial charge is 0.449 e. The summed E-state index contributed by atoms with van der Waals surface area (Å²) in [4.78, 5) is 10.7. The molecule has 0 amide bonds. The van der Waals surface area contributed by atoms with Crippen LogP contribution in [0.4, 0.5) is 0 Å². The van der Waals surface area contributed by atoms with Crippen LogP contribution in [0.15, 0.2) is 147 Å². The molecule has 0 spiro atoms. The lowest BCUT2D eigenvalue weighted by atomic mass is 9.82. The molecular weight excluding hydrogens is 675 g/mol. The summed E-state index contributed by atoms with van der Waals surface area (Å²) in [6.07, 6.45) is 0. The van der Waals surface area contributed by atoms with Gasteiger partial charge >= 0.3 is 0 Å². The molecule has 7 aromatic rings. The van der Waals surface area contributed by atoms with Gasteiger partial charge < -0.3 is 9.47 Å². The third kappa shape index (κ3) is 4.15. The first kappa shape index (κ1) is 30.4. The maximum atomic E-state index is 6.92. The molecule has 0 bridgehead atoms. The predicted molar refractivity (Wildman–Crippen MR) is 212 cm³/mol. The molecule has 2 aliphatic heterocycles. The molecule has 0 saturated carbocycles. The zero-order valence-electron chi connectivity index (χ0n) is 29.2. The lowest BCUT2D eigenvalue weighted by Gasteiger charge is -2.26. The highest BCUT2D eigenvalue weighted by molar-refractivity contribution is 8.05. The lowest BCUT2D eigenvalue weighted by molar-refractivity contribution is 0.361. The number of fused-ring (bicyclic) bond motifs is 12. The van der Waals surface area contributed by atoms with Crippen molar-refractivity contribution in [3.05, 3.63) is 150 Å². The first-order valence-corrected chi connectivity index (χ1v) is 19.4. The highest BCUT2D eigenvalue weighted by atomic mass is 32.2. The van der Waals surface area contributed by atoms with Crippen molar-refractivity contribution in [2.75, 3.05) is 0 Å². The van der Waals surface area contributed by atoms with E-state index in [2.05, 4.69) is 143 Å². The normalized spacial score (nSPS) is 15.8. The molecule has 11 rings (SSSR count). The molecule has 0 radical (unpaired) electrons. The first-order chi connectivity index (χ1) is 25.3. The van der Waals surface area contributed by atoms with E-state index in [1.807, 2.05) is 35.7 Å². The molecular formula is C47H33NO2S2. The van der Waals surface area contributed by atoms with E-state index in [4.69, 9.17) is 14.5 Å². The molecule has 2 aliphatic carbocycles. The minimum absolute atomic E-state index is 0.131. The molecule has 52 heavy (non-hydrogen) atoms. The summed E-state index contributed by atoms with van der Waals surface area (Å²) in [6, 6.07) is 45.6. The number of pyridine rings is 1. The first-order valence-electron chi connectivity index (χ1n) is 17.8. The molecule has 5 heteroatoms. The fourth-order valence-electron chi connectivity index (χ4n) is 8.76. The second-order valence-electron chi connectivity index (χ2n) is 15.1. The van der Waals surface area contributed by atoms with Crippen LogP contribution in [0.1, 0.15) is 49.9 Å². The van der Waals surface area contributed by atoms with Gasteiger partial charge in [0.2, 0.25) is 0 Å². The number of benzene rings is 6. The number of aromatic nitrogens is 1. The van der Waals surface area contributed by atoms with Gasteiger partial charge in [-0.05, 0) is 88.0 Å². The maximum Gasteiger partial charge on any atom is 0.179 e. The minimum atomic E-state index is -0.139. The highest BCUT2D eigenvalue weighted by Gasteiger charge is 2.41. The Hall–Kier alpha value is -5.23. The van der Waals surface area contributed by atoms with Crippen molar-refractivity contribution >= 4 is 23.5 Å². The Kier molecular flexibility index (Phi) is 6.23. The van der Waals surface area contributed by atoms with Gasteiger partial charge in [0.05, 0.1) is 11.4 Å². The van der Waals surface area contributed by atoms with Crippen LogP contribution < -0.4 is 9.47 Å². The van der Waals surface area contributed by atoms with E-state index in [0.717, 1.165) is 39.6 Å². The summed E-state index contributed by atoms with van der Waals surface area (Å²) in [6.45, 7) is 9.28. The van der Waals surface area contributed by atoms with E-state index in [0.29, 0.717) is 11.5 Å². The van der Waals surface area contributed by atoms with E-state index >= 15 is 0 Å². The Morgan fingerprint density at radius 3 is 2.02 bits per heavy atom. The molecule has 0 N–H and O–H groups in total. The van der Waals surface area contributed by atoms with E-state index < -0.39 is 0 Å². The molecule has 3 heterocycles. The van der Waals surface area contributed by atoms with Gasteiger partial charge in [0, 0.05) is 52.7 Å². The monoisotopic (exact) mass is 707 g/mol. The second kappa shape index (κ2) is 10.7. The fraction of sp³-hybridized carbons (Fsp3) is 0.128.